The van der Waals surface area contributed by atoms with Crippen molar-refractivity contribution in [1.29, 1.82) is 0 Å². The van der Waals surface area contributed by atoms with Crippen LogP contribution in [-0.2, 0) is 15.7 Å². The Labute approximate surface area is 189 Å². The molecule has 2 fully saturated rings. The molecule has 2 aliphatic rings. The maximum absolute atomic E-state index is 10.8. The van der Waals surface area contributed by atoms with Crippen LogP contribution >= 0.6 is 0 Å². The van der Waals surface area contributed by atoms with E-state index in [0.717, 1.165) is 54.0 Å². The van der Waals surface area contributed by atoms with Gasteiger partial charge in [0, 0.05) is 23.7 Å². The third kappa shape index (κ3) is 4.54. The van der Waals surface area contributed by atoms with E-state index in [9.17, 15) is 4.79 Å². The molecule has 0 bridgehead atoms. The molecule has 1 saturated heterocycles. The number of carboxylic acid groups (broad SMARTS) is 1. The first-order valence-electron chi connectivity index (χ1n) is 11.5. The van der Waals surface area contributed by atoms with E-state index in [2.05, 4.69) is 62.4 Å². The molecule has 0 spiro atoms. The molecule has 2 aromatic rings. The van der Waals surface area contributed by atoms with Gasteiger partial charge in [-0.15, -0.1) is 0 Å². The Morgan fingerprint density at radius 2 is 1.75 bits per heavy atom. The standard InChI is InChI=1S/C23H33BN4O4/c1-6-14-11-16(24-31-22(2,3)23(4,5)32-24)12-15-13-25-20(28-19(14)15)26-17-7-9-18(10-8-17)27-21(29)30/h11-13,17-18,27H,6-10H2,1-5H3,(H,29,30)(H,25,26,28)/t17-,18-. The summed E-state index contributed by atoms with van der Waals surface area (Å²) in [4.78, 5) is 20.2. The number of nitrogens with zero attached hydrogens (tertiary/aromatic N) is 2. The summed E-state index contributed by atoms with van der Waals surface area (Å²) in [5.41, 5.74) is 2.28. The number of aryl methyl sites for hydroxylation is 1. The average Bonchev–Trinajstić information content (AvgIpc) is 2.95. The lowest BCUT2D eigenvalue weighted by Gasteiger charge is -2.32. The second kappa shape index (κ2) is 8.52. The number of hydrogen-bond donors (Lipinski definition) is 3. The zero-order valence-corrected chi connectivity index (χ0v) is 19.6. The minimum atomic E-state index is -0.953. The lowest BCUT2D eigenvalue weighted by atomic mass is 9.77. The summed E-state index contributed by atoms with van der Waals surface area (Å²) in [6.07, 6.45) is 5.14. The van der Waals surface area contributed by atoms with E-state index < -0.39 is 13.2 Å². The van der Waals surface area contributed by atoms with Crippen LogP contribution in [0.15, 0.2) is 18.3 Å². The predicted octanol–water partition coefficient (Wildman–Crippen LogP) is 3.48. The van der Waals surface area contributed by atoms with Crippen molar-refractivity contribution in [1.82, 2.24) is 15.3 Å². The third-order valence-corrected chi connectivity index (χ3v) is 7.08. The average molecular weight is 440 g/mol. The summed E-state index contributed by atoms with van der Waals surface area (Å²) in [6.45, 7) is 10.3. The predicted molar refractivity (Wildman–Crippen MR) is 125 cm³/mol. The second-order valence-corrected chi connectivity index (χ2v) is 9.90. The molecule has 1 aliphatic carbocycles. The van der Waals surface area contributed by atoms with E-state index in [1.807, 2.05) is 6.20 Å². The normalized spacial score (nSPS) is 24.5. The Balaban J connectivity index is 1.51. The van der Waals surface area contributed by atoms with Crippen molar-refractivity contribution in [2.45, 2.75) is 90.0 Å². The number of benzene rings is 1. The van der Waals surface area contributed by atoms with Gasteiger partial charge in [-0.2, -0.15) is 0 Å². The number of aromatic nitrogens is 2. The molecule has 2 heterocycles. The van der Waals surface area contributed by atoms with Gasteiger partial charge in [-0.05, 0) is 70.8 Å². The summed E-state index contributed by atoms with van der Waals surface area (Å²) in [6, 6.07) is 4.46. The Hall–Kier alpha value is -2.39. The van der Waals surface area contributed by atoms with Gasteiger partial charge in [0.25, 0.3) is 0 Å². The number of carbonyl (C=O) groups is 1. The first kappa shape index (κ1) is 22.8. The van der Waals surface area contributed by atoms with Gasteiger partial charge in [-0.1, -0.05) is 19.1 Å². The monoisotopic (exact) mass is 440 g/mol. The van der Waals surface area contributed by atoms with Crippen LogP contribution in [0.3, 0.4) is 0 Å². The molecule has 3 N–H and O–H groups in total. The molecule has 1 saturated carbocycles. The van der Waals surface area contributed by atoms with Gasteiger partial charge in [0.15, 0.2) is 0 Å². The Bertz CT molecular complexity index is 989. The molecular formula is C23H33BN4O4. The van der Waals surface area contributed by atoms with Gasteiger partial charge in [0.2, 0.25) is 5.95 Å². The Morgan fingerprint density at radius 1 is 1.12 bits per heavy atom. The topological polar surface area (TPSA) is 106 Å². The van der Waals surface area contributed by atoms with Gasteiger partial charge in [0.1, 0.15) is 0 Å². The maximum atomic E-state index is 10.8. The first-order chi connectivity index (χ1) is 15.1. The van der Waals surface area contributed by atoms with Crippen LogP contribution in [0.5, 0.6) is 0 Å². The van der Waals surface area contributed by atoms with Crippen molar-refractivity contribution >= 4 is 35.5 Å². The second-order valence-electron chi connectivity index (χ2n) is 9.90. The lowest BCUT2D eigenvalue weighted by Crippen LogP contribution is -2.41. The third-order valence-electron chi connectivity index (χ3n) is 7.08. The number of hydrogen-bond acceptors (Lipinski definition) is 6. The van der Waals surface area contributed by atoms with E-state index in [0.29, 0.717) is 5.95 Å². The highest BCUT2D eigenvalue weighted by atomic mass is 16.7. The van der Waals surface area contributed by atoms with Crippen LogP contribution in [0.2, 0.25) is 0 Å². The van der Waals surface area contributed by atoms with Crippen LogP contribution in [-0.4, -0.2) is 51.6 Å². The van der Waals surface area contributed by atoms with Crippen molar-refractivity contribution in [3.8, 4) is 0 Å². The Kier molecular flexibility index (Phi) is 6.07. The highest BCUT2D eigenvalue weighted by molar-refractivity contribution is 6.62. The van der Waals surface area contributed by atoms with Gasteiger partial charge in [0.05, 0.1) is 16.7 Å². The number of fused-ring (bicyclic) bond motifs is 1. The van der Waals surface area contributed by atoms with Crippen LogP contribution < -0.4 is 16.1 Å². The van der Waals surface area contributed by atoms with Crippen LogP contribution in [0, 0.1) is 0 Å². The highest BCUT2D eigenvalue weighted by Gasteiger charge is 2.51. The van der Waals surface area contributed by atoms with Crippen LogP contribution in [0.25, 0.3) is 10.9 Å². The summed E-state index contributed by atoms with van der Waals surface area (Å²) < 4.78 is 12.5. The quantitative estimate of drug-likeness (QED) is 0.612. The molecule has 0 radical (unpaired) electrons. The van der Waals surface area contributed by atoms with E-state index >= 15 is 0 Å². The van der Waals surface area contributed by atoms with Crippen molar-refractivity contribution in [3.05, 3.63) is 23.9 Å². The smallest absolute Gasteiger partial charge is 0.465 e. The van der Waals surface area contributed by atoms with E-state index in [1.54, 1.807) is 0 Å². The fourth-order valence-corrected chi connectivity index (χ4v) is 4.44. The highest BCUT2D eigenvalue weighted by Crippen LogP contribution is 2.36. The molecule has 4 rings (SSSR count). The fourth-order valence-electron chi connectivity index (χ4n) is 4.44. The summed E-state index contributed by atoms with van der Waals surface area (Å²) >= 11 is 0. The minimum Gasteiger partial charge on any atom is -0.465 e. The van der Waals surface area contributed by atoms with Gasteiger partial charge < -0.3 is 25.0 Å². The van der Waals surface area contributed by atoms with Gasteiger partial charge in [-0.3, -0.25) is 0 Å². The molecule has 8 nitrogen and oxygen atoms in total. The fraction of sp³-hybridized carbons (Fsp3) is 0.609. The summed E-state index contributed by atoms with van der Waals surface area (Å²) in [5.74, 6) is 0.616. The Morgan fingerprint density at radius 3 is 2.34 bits per heavy atom. The van der Waals surface area contributed by atoms with Crippen LogP contribution in [0.1, 0.15) is 65.9 Å². The largest absolute Gasteiger partial charge is 0.494 e. The van der Waals surface area contributed by atoms with E-state index in [4.69, 9.17) is 19.4 Å². The molecule has 32 heavy (non-hydrogen) atoms. The molecule has 0 atom stereocenters. The van der Waals surface area contributed by atoms with Crippen molar-refractivity contribution in [3.63, 3.8) is 0 Å². The number of nitrogens with one attached hydrogen (secondary N) is 2. The SMILES string of the molecule is CCc1cc(B2OC(C)(C)C(C)(C)O2)cc2cnc(N[C@H]3CC[C@H](NC(=O)O)CC3)nc12. The maximum Gasteiger partial charge on any atom is 0.494 e. The van der Waals surface area contributed by atoms with E-state index in [1.165, 1.54) is 0 Å². The molecule has 1 aliphatic heterocycles. The van der Waals surface area contributed by atoms with Crippen molar-refractivity contribution in [2.24, 2.45) is 0 Å². The minimum absolute atomic E-state index is 0.0307. The zero-order chi connectivity index (χ0) is 23.1. The number of rotatable bonds is 5. The molecule has 1 aromatic heterocycles. The first-order valence-corrected chi connectivity index (χ1v) is 11.5. The molecular weight excluding hydrogens is 407 g/mol. The van der Waals surface area contributed by atoms with Crippen molar-refractivity contribution < 1.29 is 19.2 Å². The summed E-state index contributed by atoms with van der Waals surface area (Å²) in [7, 11) is -0.415. The zero-order valence-electron chi connectivity index (χ0n) is 19.6. The lowest BCUT2D eigenvalue weighted by molar-refractivity contribution is 0.00578. The molecule has 9 heteroatoms. The summed E-state index contributed by atoms with van der Waals surface area (Å²) in [5, 5.41) is 15.9. The van der Waals surface area contributed by atoms with Gasteiger partial charge >= 0.3 is 13.2 Å². The number of amides is 1. The molecule has 1 aromatic carbocycles. The van der Waals surface area contributed by atoms with Gasteiger partial charge in [-0.25, -0.2) is 14.8 Å². The van der Waals surface area contributed by atoms with E-state index in [-0.39, 0.29) is 23.3 Å². The molecule has 0 unspecified atom stereocenters. The molecule has 172 valence electrons. The number of anilines is 1. The van der Waals surface area contributed by atoms with Crippen molar-refractivity contribution in [2.75, 3.05) is 5.32 Å². The van der Waals surface area contributed by atoms with Crippen LogP contribution in [0.4, 0.5) is 10.7 Å². The molecule has 1 amide bonds.